The van der Waals surface area contributed by atoms with E-state index in [0.717, 1.165) is 0 Å². The summed E-state index contributed by atoms with van der Waals surface area (Å²) in [6.07, 6.45) is 5.81. The van der Waals surface area contributed by atoms with E-state index in [1.165, 1.54) is 38.7 Å². The minimum atomic E-state index is 1.19. The van der Waals surface area contributed by atoms with Crippen molar-refractivity contribution in [2.75, 3.05) is 0 Å². The van der Waals surface area contributed by atoms with Crippen LogP contribution in [0.4, 0.5) is 0 Å². The predicted molar refractivity (Wildman–Crippen MR) is 98.5 cm³/mol. The van der Waals surface area contributed by atoms with E-state index in [4.69, 9.17) is 0 Å². The van der Waals surface area contributed by atoms with Crippen molar-refractivity contribution < 1.29 is 4.57 Å². The molecule has 0 aliphatic rings. The number of hydrogen-bond donors (Lipinski definition) is 0. The highest BCUT2D eigenvalue weighted by Crippen LogP contribution is 2.30. The topological polar surface area (TPSA) is 16.8 Å². The van der Waals surface area contributed by atoms with Crippen molar-refractivity contribution in [1.82, 2.24) is 4.98 Å². The molecule has 0 bridgehead atoms. The summed E-state index contributed by atoms with van der Waals surface area (Å²) >= 11 is 0. The molecule has 2 aromatic heterocycles. The van der Waals surface area contributed by atoms with Crippen molar-refractivity contribution in [3.05, 3.63) is 84.8 Å². The smallest absolute Gasteiger partial charge is 0.220 e. The Balaban J connectivity index is 1.96. The summed E-state index contributed by atoms with van der Waals surface area (Å²) in [5.41, 5.74) is 6.24. The van der Waals surface area contributed by atoms with Gasteiger partial charge in [-0.2, -0.15) is 0 Å². The second-order valence-corrected chi connectivity index (χ2v) is 6.13. The highest BCUT2D eigenvalue weighted by Gasteiger charge is 2.16. The zero-order valence-corrected chi connectivity index (χ0v) is 13.9. The predicted octanol–water partition coefficient (Wildman–Crippen LogP) is 4.70. The number of aromatic nitrogens is 2. The van der Waals surface area contributed by atoms with E-state index in [9.17, 15) is 0 Å². The fourth-order valence-corrected chi connectivity index (χ4v) is 3.27. The third-order valence-corrected chi connectivity index (χ3v) is 4.55. The fourth-order valence-electron chi connectivity index (χ4n) is 3.27. The first-order chi connectivity index (χ1) is 11.7. The average Bonchev–Trinajstić information content (AvgIpc) is 2.63. The van der Waals surface area contributed by atoms with Crippen molar-refractivity contribution in [3.8, 4) is 22.4 Å². The molecule has 0 saturated heterocycles. The first-order valence-corrected chi connectivity index (χ1v) is 8.13. The number of nitrogens with zero attached hydrogens (tertiary/aromatic N) is 2. The van der Waals surface area contributed by atoms with Gasteiger partial charge in [-0.25, -0.2) is 4.57 Å². The first-order valence-electron chi connectivity index (χ1n) is 8.13. The molecule has 0 saturated carbocycles. The molecule has 2 heteroatoms. The Hall–Kier alpha value is -3.00. The normalized spacial score (nSPS) is 10.9. The van der Waals surface area contributed by atoms with Crippen molar-refractivity contribution in [1.29, 1.82) is 0 Å². The van der Waals surface area contributed by atoms with E-state index < -0.39 is 0 Å². The Morgan fingerprint density at radius 2 is 1.62 bits per heavy atom. The molecule has 4 aromatic rings. The quantitative estimate of drug-likeness (QED) is 0.490. The van der Waals surface area contributed by atoms with Crippen molar-refractivity contribution in [3.63, 3.8) is 0 Å². The van der Waals surface area contributed by atoms with E-state index >= 15 is 0 Å². The van der Waals surface area contributed by atoms with E-state index in [1.807, 2.05) is 24.5 Å². The molecule has 0 aliphatic carbocycles. The van der Waals surface area contributed by atoms with Gasteiger partial charge in [0.1, 0.15) is 7.05 Å². The van der Waals surface area contributed by atoms with Crippen LogP contribution in [0.3, 0.4) is 0 Å². The van der Waals surface area contributed by atoms with Gasteiger partial charge in [-0.1, -0.05) is 24.3 Å². The monoisotopic (exact) mass is 311 g/mol. The summed E-state index contributed by atoms with van der Waals surface area (Å²) in [6, 6.07) is 21.5. The highest BCUT2D eigenvalue weighted by molar-refractivity contribution is 5.95. The van der Waals surface area contributed by atoms with Gasteiger partial charge in [-0.3, -0.25) is 4.98 Å². The van der Waals surface area contributed by atoms with Crippen LogP contribution in [-0.4, -0.2) is 4.98 Å². The number of hydrogen-bond acceptors (Lipinski definition) is 1. The molecule has 0 N–H and O–H groups in total. The largest absolute Gasteiger partial charge is 0.265 e. The Labute approximate surface area is 142 Å². The van der Waals surface area contributed by atoms with E-state index in [1.54, 1.807) is 0 Å². The van der Waals surface area contributed by atoms with Crippen LogP contribution < -0.4 is 4.57 Å². The molecule has 2 heterocycles. The Morgan fingerprint density at radius 1 is 0.833 bits per heavy atom. The van der Waals surface area contributed by atoms with Gasteiger partial charge >= 0.3 is 0 Å². The lowest BCUT2D eigenvalue weighted by Gasteiger charge is -2.09. The van der Waals surface area contributed by atoms with Crippen LogP contribution >= 0.6 is 0 Å². The molecule has 0 aliphatic heterocycles. The Kier molecular flexibility index (Phi) is 3.58. The SMILES string of the molecule is Cc1ccccc1-c1c2ccc(-c3ccncc3)cc2cc[n+]1C. The van der Waals surface area contributed by atoms with Crippen molar-refractivity contribution in [2.24, 2.45) is 7.05 Å². The Bertz CT molecular complexity index is 1020. The van der Waals surface area contributed by atoms with Crippen LogP contribution in [0, 0.1) is 6.92 Å². The van der Waals surface area contributed by atoms with Gasteiger partial charge in [0.05, 0.1) is 5.39 Å². The van der Waals surface area contributed by atoms with Crippen LogP contribution in [0.1, 0.15) is 5.56 Å². The molecule has 0 unspecified atom stereocenters. The molecule has 2 nitrogen and oxygen atoms in total. The van der Waals surface area contributed by atoms with Crippen LogP contribution in [0.15, 0.2) is 79.3 Å². The summed E-state index contributed by atoms with van der Waals surface area (Å²) in [4.78, 5) is 4.10. The minimum absolute atomic E-state index is 1.19. The minimum Gasteiger partial charge on any atom is -0.265 e. The molecule has 4 rings (SSSR count). The number of aryl methyl sites for hydroxylation is 2. The zero-order chi connectivity index (χ0) is 16.5. The van der Waals surface area contributed by atoms with Crippen LogP contribution in [0.2, 0.25) is 0 Å². The van der Waals surface area contributed by atoms with Gasteiger partial charge in [0.25, 0.3) is 0 Å². The maximum atomic E-state index is 4.10. The summed E-state index contributed by atoms with van der Waals surface area (Å²) in [5, 5.41) is 2.52. The van der Waals surface area contributed by atoms with Gasteiger partial charge < -0.3 is 0 Å². The van der Waals surface area contributed by atoms with Gasteiger partial charge in [-0.15, -0.1) is 0 Å². The summed E-state index contributed by atoms with van der Waals surface area (Å²) < 4.78 is 2.21. The van der Waals surface area contributed by atoms with Crippen molar-refractivity contribution in [2.45, 2.75) is 6.92 Å². The highest BCUT2D eigenvalue weighted by atomic mass is 14.9. The summed E-state index contributed by atoms with van der Waals surface area (Å²) in [6.45, 7) is 2.17. The summed E-state index contributed by atoms with van der Waals surface area (Å²) in [7, 11) is 2.11. The number of rotatable bonds is 2. The molecule has 0 atom stereocenters. The maximum Gasteiger partial charge on any atom is 0.220 e. The van der Waals surface area contributed by atoms with E-state index in [-0.39, 0.29) is 0 Å². The van der Waals surface area contributed by atoms with Gasteiger partial charge in [-0.05, 0) is 59.3 Å². The lowest BCUT2D eigenvalue weighted by molar-refractivity contribution is -0.659. The van der Waals surface area contributed by atoms with E-state index in [2.05, 4.69) is 78.3 Å². The molecule has 24 heavy (non-hydrogen) atoms. The van der Waals surface area contributed by atoms with Crippen molar-refractivity contribution >= 4 is 10.8 Å². The second kappa shape index (κ2) is 5.89. The number of fused-ring (bicyclic) bond motifs is 1. The second-order valence-electron chi connectivity index (χ2n) is 6.13. The molecular weight excluding hydrogens is 292 g/mol. The molecule has 2 aromatic carbocycles. The molecule has 0 fully saturated rings. The Morgan fingerprint density at radius 3 is 2.42 bits per heavy atom. The van der Waals surface area contributed by atoms with Gasteiger partial charge in [0.15, 0.2) is 6.20 Å². The number of benzene rings is 2. The third-order valence-electron chi connectivity index (χ3n) is 4.55. The maximum absolute atomic E-state index is 4.10. The molecule has 0 radical (unpaired) electrons. The first kappa shape index (κ1) is 14.6. The van der Waals surface area contributed by atoms with E-state index in [0.29, 0.717) is 0 Å². The fraction of sp³-hybridized carbons (Fsp3) is 0.0909. The third kappa shape index (κ3) is 2.46. The summed E-state index contributed by atoms with van der Waals surface area (Å²) in [5.74, 6) is 0. The van der Waals surface area contributed by atoms with Crippen LogP contribution in [0.5, 0.6) is 0 Å². The van der Waals surface area contributed by atoms with Crippen LogP contribution in [0.25, 0.3) is 33.2 Å². The van der Waals surface area contributed by atoms with Gasteiger partial charge in [0.2, 0.25) is 5.69 Å². The lowest BCUT2D eigenvalue weighted by Crippen LogP contribution is -2.30. The average molecular weight is 311 g/mol. The van der Waals surface area contributed by atoms with Crippen LogP contribution in [-0.2, 0) is 7.05 Å². The molecular formula is C22H19N2+. The number of pyridine rings is 2. The molecule has 116 valence electrons. The standard InChI is InChI=1S/C22H19N2/c1-16-5-3-4-6-20(16)22-21-8-7-18(17-9-12-23-13-10-17)15-19(21)11-14-24(22)2/h3-15H,1-2H3/q+1. The lowest BCUT2D eigenvalue weighted by atomic mass is 9.97. The van der Waals surface area contributed by atoms with Gasteiger partial charge in [0, 0.05) is 24.0 Å². The zero-order valence-electron chi connectivity index (χ0n) is 13.9. The molecule has 0 amide bonds. The molecule has 0 spiro atoms.